The number of hydrogen-bond acceptors (Lipinski definition) is 3. The average Bonchev–Trinajstić information content (AvgIpc) is 3.16. The largest absolute Gasteiger partial charge is 0.459 e. The molecule has 1 fully saturated rings. The van der Waals surface area contributed by atoms with Crippen LogP contribution < -0.4 is 5.32 Å². The van der Waals surface area contributed by atoms with Crippen molar-refractivity contribution in [1.29, 1.82) is 0 Å². The summed E-state index contributed by atoms with van der Waals surface area (Å²) in [6, 6.07) is 9.32. The molecule has 0 radical (unpaired) electrons. The Balaban J connectivity index is 1.65. The number of nitrogens with zero attached hydrogens (tertiary/aromatic N) is 2. The molecule has 3 rings (SSSR count). The van der Waals surface area contributed by atoms with Crippen LogP contribution in [0.4, 0.5) is 10.5 Å². The standard InChI is InChI=1S/C21H27N3O3/c1-15-7-5-8-16(21(2,3)4)18(15)22-20(26)24-12-10-23(11-13-24)19(25)17-9-6-14-27-17/h5-9,14H,10-13H2,1-4H3,(H,22,26). The summed E-state index contributed by atoms with van der Waals surface area (Å²) in [6.07, 6.45) is 1.49. The summed E-state index contributed by atoms with van der Waals surface area (Å²) < 4.78 is 5.18. The highest BCUT2D eigenvalue weighted by atomic mass is 16.3. The maximum atomic E-state index is 12.8. The fourth-order valence-electron chi connectivity index (χ4n) is 3.31. The number of rotatable bonds is 2. The summed E-state index contributed by atoms with van der Waals surface area (Å²) in [5, 5.41) is 3.09. The van der Waals surface area contributed by atoms with Crippen LogP contribution in [0.15, 0.2) is 41.0 Å². The lowest BCUT2D eigenvalue weighted by Crippen LogP contribution is -2.51. The summed E-state index contributed by atoms with van der Waals surface area (Å²) in [4.78, 5) is 28.6. The molecular formula is C21H27N3O3. The molecule has 0 unspecified atom stereocenters. The molecule has 1 saturated heterocycles. The number of amides is 3. The number of furan rings is 1. The molecule has 3 amide bonds. The fraction of sp³-hybridized carbons (Fsp3) is 0.429. The molecule has 6 nitrogen and oxygen atoms in total. The minimum Gasteiger partial charge on any atom is -0.459 e. The van der Waals surface area contributed by atoms with Crippen molar-refractivity contribution >= 4 is 17.6 Å². The highest BCUT2D eigenvalue weighted by Crippen LogP contribution is 2.32. The van der Waals surface area contributed by atoms with Gasteiger partial charge in [-0.1, -0.05) is 39.0 Å². The van der Waals surface area contributed by atoms with Crippen molar-refractivity contribution in [2.75, 3.05) is 31.5 Å². The molecule has 144 valence electrons. The van der Waals surface area contributed by atoms with Crippen molar-refractivity contribution in [3.8, 4) is 0 Å². The van der Waals surface area contributed by atoms with Gasteiger partial charge in [-0.15, -0.1) is 0 Å². The summed E-state index contributed by atoms with van der Waals surface area (Å²) in [5.74, 6) is 0.205. The van der Waals surface area contributed by atoms with Gasteiger partial charge in [-0.2, -0.15) is 0 Å². The lowest BCUT2D eigenvalue weighted by Gasteiger charge is -2.35. The molecule has 2 aromatic rings. The first-order chi connectivity index (χ1) is 12.8. The SMILES string of the molecule is Cc1cccc(C(C)(C)C)c1NC(=O)N1CCN(C(=O)c2ccco2)CC1. The van der Waals surface area contributed by atoms with E-state index in [4.69, 9.17) is 4.42 Å². The predicted molar refractivity (Wildman–Crippen MR) is 105 cm³/mol. The first-order valence-electron chi connectivity index (χ1n) is 9.26. The third-order valence-electron chi connectivity index (χ3n) is 4.90. The van der Waals surface area contributed by atoms with Crippen molar-refractivity contribution in [3.05, 3.63) is 53.5 Å². The Hall–Kier alpha value is -2.76. The molecule has 1 aliphatic rings. The first kappa shape index (κ1) is 19.0. The molecule has 1 aromatic heterocycles. The van der Waals surface area contributed by atoms with E-state index in [-0.39, 0.29) is 17.4 Å². The molecule has 0 aliphatic carbocycles. The second-order valence-electron chi connectivity index (χ2n) is 7.93. The van der Waals surface area contributed by atoms with Crippen LogP contribution in [0.25, 0.3) is 0 Å². The fourth-order valence-corrected chi connectivity index (χ4v) is 3.31. The van der Waals surface area contributed by atoms with E-state index in [0.29, 0.717) is 31.9 Å². The maximum absolute atomic E-state index is 12.8. The van der Waals surface area contributed by atoms with Gasteiger partial charge in [-0.05, 0) is 35.6 Å². The van der Waals surface area contributed by atoms with Gasteiger partial charge in [0, 0.05) is 31.9 Å². The predicted octanol–water partition coefficient (Wildman–Crippen LogP) is 3.88. The van der Waals surface area contributed by atoms with Crippen LogP contribution in [0.2, 0.25) is 0 Å². The Morgan fingerprint density at radius 2 is 1.67 bits per heavy atom. The van der Waals surface area contributed by atoms with E-state index in [1.54, 1.807) is 21.9 Å². The van der Waals surface area contributed by atoms with Gasteiger partial charge in [0.05, 0.1) is 6.26 Å². The molecular weight excluding hydrogens is 342 g/mol. The Kier molecular flexibility index (Phi) is 5.26. The number of anilines is 1. The van der Waals surface area contributed by atoms with Crippen molar-refractivity contribution < 1.29 is 14.0 Å². The van der Waals surface area contributed by atoms with Gasteiger partial charge in [0.1, 0.15) is 0 Å². The number of piperazine rings is 1. The summed E-state index contributed by atoms with van der Waals surface area (Å²) >= 11 is 0. The third kappa shape index (κ3) is 4.15. The van der Waals surface area contributed by atoms with E-state index in [1.165, 1.54) is 6.26 Å². The Bertz CT molecular complexity index is 814. The molecule has 0 bridgehead atoms. The minimum atomic E-state index is -0.131. The van der Waals surface area contributed by atoms with Crippen molar-refractivity contribution in [3.63, 3.8) is 0 Å². The van der Waals surface area contributed by atoms with Gasteiger partial charge in [-0.3, -0.25) is 4.79 Å². The maximum Gasteiger partial charge on any atom is 0.321 e. The smallest absolute Gasteiger partial charge is 0.321 e. The number of carbonyl (C=O) groups is 2. The number of para-hydroxylation sites is 1. The van der Waals surface area contributed by atoms with Gasteiger partial charge in [0.15, 0.2) is 5.76 Å². The highest BCUT2D eigenvalue weighted by Gasteiger charge is 2.27. The number of hydrogen-bond donors (Lipinski definition) is 1. The minimum absolute atomic E-state index is 0.0667. The summed E-state index contributed by atoms with van der Waals surface area (Å²) in [7, 11) is 0. The van der Waals surface area contributed by atoms with Crippen molar-refractivity contribution in [1.82, 2.24) is 9.80 Å². The zero-order chi connectivity index (χ0) is 19.6. The Morgan fingerprint density at radius 3 is 2.26 bits per heavy atom. The lowest BCUT2D eigenvalue weighted by molar-refractivity contribution is 0.0640. The number of aryl methyl sites for hydroxylation is 1. The quantitative estimate of drug-likeness (QED) is 0.874. The second kappa shape index (κ2) is 7.47. The molecule has 27 heavy (non-hydrogen) atoms. The Labute approximate surface area is 160 Å². The van der Waals surface area contributed by atoms with Gasteiger partial charge >= 0.3 is 6.03 Å². The Morgan fingerprint density at radius 1 is 1.00 bits per heavy atom. The van der Waals surface area contributed by atoms with Gasteiger partial charge in [-0.25, -0.2) is 4.79 Å². The number of urea groups is 1. The second-order valence-corrected chi connectivity index (χ2v) is 7.93. The molecule has 1 aliphatic heterocycles. The first-order valence-corrected chi connectivity index (χ1v) is 9.26. The molecule has 0 spiro atoms. The van der Waals surface area contributed by atoms with E-state index >= 15 is 0 Å². The third-order valence-corrected chi connectivity index (χ3v) is 4.90. The molecule has 1 N–H and O–H groups in total. The lowest BCUT2D eigenvalue weighted by atomic mass is 9.84. The number of carbonyl (C=O) groups excluding carboxylic acids is 2. The normalized spacial score (nSPS) is 15.0. The summed E-state index contributed by atoms with van der Waals surface area (Å²) in [5.41, 5.74) is 2.97. The van der Waals surface area contributed by atoms with Crippen LogP contribution in [-0.2, 0) is 5.41 Å². The zero-order valence-electron chi connectivity index (χ0n) is 16.4. The summed E-state index contributed by atoms with van der Waals surface area (Å²) in [6.45, 7) is 10.4. The van der Waals surface area contributed by atoms with Crippen molar-refractivity contribution in [2.45, 2.75) is 33.1 Å². The zero-order valence-corrected chi connectivity index (χ0v) is 16.4. The van der Waals surface area contributed by atoms with Gasteiger partial charge < -0.3 is 19.5 Å². The molecule has 0 saturated carbocycles. The number of nitrogens with one attached hydrogen (secondary N) is 1. The monoisotopic (exact) mass is 369 g/mol. The van der Waals surface area contributed by atoms with E-state index in [0.717, 1.165) is 16.8 Å². The molecule has 6 heteroatoms. The van der Waals surface area contributed by atoms with Crippen LogP contribution in [0, 0.1) is 6.92 Å². The van der Waals surface area contributed by atoms with Crippen LogP contribution >= 0.6 is 0 Å². The van der Waals surface area contributed by atoms with Crippen LogP contribution in [0.3, 0.4) is 0 Å². The topological polar surface area (TPSA) is 65.8 Å². The van der Waals surface area contributed by atoms with E-state index in [9.17, 15) is 9.59 Å². The van der Waals surface area contributed by atoms with E-state index < -0.39 is 0 Å². The van der Waals surface area contributed by atoms with Gasteiger partial charge in [0.25, 0.3) is 5.91 Å². The van der Waals surface area contributed by atoms with Crippen LogP contribution in [0.1, 0.15) is 42.5 Å². The molecule has 0 atom stereocenters. The number of benzene rings is 1. The van der Waals surface area contributed by atoms with Crippen LogP contribution in [0.5, 0.6) is 0 Å². The van der Waals surface area contributed by atoms with Crippen molar-refractivity contribution in [2.24, 2.45) is 0 Å². The molecule has 2 heterocycles. The highest BCUT2D eigenvalue weighted by molar-refractivity contribution is 5.93. The van der Waals surface area contributed by atoms with Crippen LogP contribution in [-0.4, -0.2) is 47.9 Å². The van der Waals surface area contributed by atoms with Gasteiger partial charge in [0.2, 0.25) is 0 Å². The molecule has 1 aromatic carbocycles. The van der Waals surface area contributed by atoms with E-state index in [1.807, 2.05) is 19.1 Å². The average molecular weight is 369 g/mol. The van der Waals surface area contributed by atoms with E-state index in [2.05, 4.69) is 32.2 Å².